The maximum atomic E-state index is 5.15. The summed E-state index contributed by atoms with van der Waals surface area (Å²) in [6.07, 6.45) is 2.02. The van der Waals surface area contributed by atoms with E-state index in [1.54, 1.807) is 0 Å². The number of hydrogen-bond donors (Lipinski definition) is 1. The van der Waals surface area contributed by atoms with E-state index in [4.69, 9.17) is 4.98 Å². The Balaban J connectivity index is 1.14. The normalized spacial score (nSPS) is 11.7. The summed E-state index contributed by atoms with van der Waals surface area (Å²) < 4.78 is 4.91. The quantitative estimate of drug-likeness (QED) is 0.225. The summed E-state index contributed by atoms with van der Waals surface area (Å²) >= 11 is 1.87. The summed E-state index contributed by atoms with van der Waals surface area (Å²) in [4.78, 5) is 8.65. The maximum absolute atomic E-state index is 5.15. The molecule has 0 aliphatic heterocycles. The summed E-state index contributed by atoms with van der Waals surface area (Å²) in [7, 11) is 0. The molecule has 0 bridgehead atoms. The van der Waals surface area contributed by atoms with E-state index >= 15 is 0 Å². The SMILES string of the molecule is c1ccc(-c2ccc(-c3cccc(-c4c[nH]c(-n5c6ccccc6c6c7sc8ccccc8c7ccc65)n4)c3)cc2)cc1. The van der Waals surface area contributed by atoms with Gasteiger partial charge in [0, 0.05) is 42.7 Å². The number of benzene rings is 6. The number of thiophene rings is 1. The van der Waals surface area contributed by atoms with Crippen LogP contribution in [-0.4, -0.2) is 14.5 Å². The maximum Gasteiger partial charge on any atom is 0.212 e. The van der Waals surface area contributed by atoms with E-state index in [1.165, 1.54) is 53.2 Å². The number of aromatic amines is 1. The number of nitrogens with one attached hydrogen (secondary N) is 1. The number of para-hydroxylation sites is 1. The van der Waals surface area contributed by atoms with Crippen molar-refractivity contribution in [2.45, 2.75) is 0 Å². The van der Waals surface area contributed by atoms with Crippen LogP contribution in [0.1, 0.15) is 0 Å². The zero-order valence-electron chi connectivity index (χ0n) is 23.2. The number of aromatic nitrogens is 3. The Morgan fingerprint density at radius 1 is 0.512 bits per heavy atom. The number of hydrogen-bond acceptors (Lipinski definition) is 2. The fraction of sp³-hybridized carbons (Fsp3) is 0. The standard InChI is InChI=1S/C39H25N3S/c1-2-9-25(10-3-1)26-17-19-27(20-18-26)28-11-8-12-29(23-28)33-24-40-39(41-33)42-34-15-6-4-14-32(34)37-35(42)22-21-31-30-13-5-7-16-36(30)43-38(31)37/h1-24H,(H,40,41). The molecule has 3 aromatic heterocycles. The van der Waals surface area contributed by atoms with Crippen LogP contribution in [0.15, 0.2) is 146 Å². The van der Waals surface area contributed by atoms with Gasteiger partial charge in [0.2, 0.25) is 5.95 Å². The molecule has 202 valence electrons. The highest BCUT2D eigenvalue weighted by molar-refractivity contribution is 7.26. The van der Waals surface area contributed by atoms with Gasteiger partial charge in [0.25, 0.3) is 0 Å². The summed E-state index contributed by atoms with van der Waals surface area (Å²) in [6.45, 7) is 0. The lowest BCUT2D eigenvalue weighted by Crippen LogP contribution is -1.96. The lowest BCUT2D eigenvalue weighted by atomic mass is 9.99. The number of H-pyrrole nitrogens is 1. The Hall–Kier alpha value is -5.45. The van der Waals surface area contributed by atoms with E-state index in [0.29, 0.717) is 0 Å². The predicted octanol–water partition coefficient (Wildman–Crippen LogP) is 10.9. The Labute approximate surface area is 252 Å². The molecule has 0 radical (unpaired) electrons. The number of imidazole rings is 1. The fourth-order valence-electron chi connectivity index (χ4n) is 6.38. The molecule has 0 aliphatic rings. The molecule has 9 aromatic rings. The molecule has 0 aliphatic carbocycles. The van der Waals surface area contributed by atoms with E-state index in [0.717, 1.165) is 28.2 Å². The molecule has 0 saturated heterocycles. The minimum absolute atomic E-state index is 0.819. The second kappa shape index (κ2) is 9.55. The molecule has 0 atom stereocenters. The molecule has 0 saturated carbocycles. The highest BCUT2D eigenvalue weighted by atomic mass is 32.1. The van der Waals surface area contributed by atoms with Crippen molar-refractivity contribution in [2.75, 3.05) is 0 Å². The molecular formula is C39H25N3S. The van der Waals surface area contributed by atoms with Gasteiger partial charge in [-0.1, -0.05) is 115 Å². The number of fused-ring (bicyclic) bond motifs is 7. The smallest absolute Gasteiger partial charge is 0.212 e. The minimum atomic E-state index is 0.819. The number of rotatable bonds is 4. The average Bonchev–Trinajstić information content (AvgIpc) is 3.79. The predicted molar refractivity (Wildman–Crippen MR) is 182 cm³/mol. The molecule has 9 rings (SSSR count). The van der Waals surface area contributed by atoms with Gasteiger partial charge in [-0.05, 0) is 46.5 Å². The summed E-state index contributed by atoms with van der Waals surface area (Å²) in [5, 5.41) is 5.16. The van der Waals surface area contributed by atoms with E-state index in [-0.39, 0.29) is 0 Å². The summed E-state index contributed by atoms with van der Waals surface area (Å²) in [5.74, 6) is 0.819. The van der Waals surface area contributed by atoms with Crippen LogP contribution in [0.4, 0.5) is 0 Å². The fourth-order valence-corrected chi connectivity index (χ4v) is 7.64. The van der Waals surface area contributed by atoms with Gasteiger partial charge in [-0.25, -0.2) is 4.98 Å². The van der Waals surface area contributed by atoms with Gasteiger partial charge in [-0.3, -0.25) is 4.57 Å². The molecule has 3 nitrogen and oxygen atoms in total. The van der Waals surface area contributed by atoms with E-state index < -0.39 is 0 Å². The molecule has 0 amide bonds. The molecule has 3 heterocycles. The topological polar surface area (TPSA) is 33.6 Å². The van der Waals surface area contributed by atoms with Gasteiger partial charge in [-0.15, -0.1) is 11.3 Å². The first-order valence-corrected chi connectivity index (χ1v) is 15.3. The third-order valence-electron chi connectivity index (χ3n) is 8.44. The van der Waals surface area contributed by atoms with Crippen molar-refractivity contribution in [1.29, 1.82) is 0 Å². The largest absolute Gasteiger partial charge is 0.330 e. The summed E-state index contributed by atoms with van der Waals surface area (Å²) in [5.41, 5.74) is 9.12. The van der Waals surface area contributed by atoms with Crippen molar-refractivity contribution in [3.8, 4) is 39.5 Å². The van der Waals surface area contributed by atoms with Crippen LogP contribution >= 0.6 is 11.3 Å². The first-order valence-electron chi connectivity index (χ1n) is 14.5. The Bertz CT molecular complexity index is 2440. The van der Waals surface area contributed by atoms with Crippen molar-refractivity contribution in [3.05, 3.63) is 146 Å². The zero-order chi connectivity index (χ0) is 28.3. The van der Waals surface area contributed by atoms with Crippen LogP contribution in [0, 0.1) is 0 Å². The van der Waals surface area contributed by atoms with Crippen molar-refractivity contribution >= 4 is 53.3 Å². The first kappa shape index (κ1) is 24.2. The van der Waals surface area contributed by atoms with Crippen LogP contribution in [0.25, 0.3) is 81.4 Å². The van der Waals surface area contributed by atoms with Crippen LogP contribution in [-0.2, 0) is 0 Å². The highest BCUT2D eigenvalue weighted by Crippen LogP contribution is 2.43. The molecule has 43 heavy (non-hydrogen) atoms. The Kier molecular flexibility index (Phi) is 5.37. The summed E-state index contributed by atoms with van der Waals surface area (Å²) in [6, 6.07) is 49.8. The van der Waals surface area contributed by atoms with E-state index in [2.05, 4.69) is 149 Å². The van der Waals surface area contributed by atoms with Crippen LogP contribution in [0.5, 0.6) is 0 Å². The zero-order valence-corrected chi connectivity index (χ0v) is 24.0. The Morgan fingerprint density at radius 3 is 2.05 bits per heavy atom. The monoisotopic (exact) mass is 567 g/mol. The van der Waals surface area contributed by atoms with Crippen molar-refractivity contribution in [2.24, 2.45) is 0 Å². The highest BCUT2D eigenvalue weighted by Gasteiger charge is 2.19. The molecule has 0 spiro atoms. The second-order valence-electron chi connectivity index (χ2n) is 10.9. The molecule has 6 aromatic carbocycles. The lowest BCUT2D eigenvalue weighted by Gasteiger charge is -2.07. The molecular weight excluding hydrogens is 543 g/mol. The lowest BCUT2D eigenvalue weighted by molar-refractivity contribution is 1.04. The van der Waals surface area contributed by atoms with Gasteiger partial charge >= 0.3 is 0 Å². The third kappa shape index (κ3) is 3.84. The molecule has 0 unspecified atom stereocenters. The molecule has 4 heteroatoms. The van der Waals surface area contributed by atoms with Crippen molar-refractivity contribution in [1.82, 2.24) is 14.5 Å². The van der Waals surface area contributed by atoms with Gasteiger partial charge in [0.1, 0.15) is 0 Å². The first-order chi connectivity index (χ1) is 21.3. The third-order valence-corrected chi connectivity index (χ3v) is 9.64. The average molecular weight is 568 g/mol. The molecule has 1 N–H and O–H groups in total. The van der Waals surface area contributed by atoms with Crippen molar-refractivity contribution in [3.63, 3.8) is 0 Å². The van der Waals surface area contributed by atoms with E-state index in [9.17, 15) is 0 Å². The van der Waals surface area contributed by atoms with E-state index in [1.807, 2.05) is 17.5 Å². The van der Waals surface area contributed by atoms with Crippen LogP contribution < -0.4 is 0 Å². The van der Waals surface area contributed by atoms with Gasteiger partial charge in [-0.2, -0.15) is 0 Å². The number of nitrogens with zero attached hydrogens (tertiary/aromatic N) is 2. The van der Waals surface area contributed by atoms with Crippen molar-refractivity contribution < 1.29 is 0 Å². The van der Waals surface area contributed by atoms with Gasteiger partial charge in [0.15, 0.2) is 0 Å². The molecule has 0 fully saturated rings. The van der Waals surface area contributed by atoms with Crippen LogP contribution in [0.3, 0.4) is 0 Å². The minimum Gasteiger partial charge on any atom is -0.330 e. The van der Waals surface area contributed by atoms with Gasteiger partial charge < -0.3 is 4.98 Å². The van der Waals surface area contributed by atoms with Gasteiger partial charge in [0.05, 0.1) is 16.7 Å². The Morgan fingerprint density at radius 2 is 1.19 bits per heavy atom. The van der Waals surface area contributed by atoms with Crippen LogP contribution in [0.2, 0.25) is 0 Å². The second-order valence-corrected chi connectivity index (χ2v) is 12.0.